The molecule has 2 rings (SSSR count). The second kappa shape index (κ2) is 7.05. The zero-order valence-electron chi connectivity index (χ0n) is 13.0. The zero-order chi connectivity index (χ0) is 15.4. The van der Waals surface area contributed by atoms with Crippen LogP contribution in [0.2, 0.25) is 0 Å². The van der Waals surface area contributed by atoms with E-state index in [0.717, 1.165) is 13.1 Å². The van der Waals surface area contributed by atoms with Crippen molar-refractivity contribution in [3.63, 3.8) is 0 Å². The van der Waals surface area contributed by atoms with Crippen LogP contribution < -0.4 is 5.32 Å². The molecule has 21 heavy (non-hydrogen) atoms. The van der Waals surface area contributed by atoms with Crippen molar-refractivity contribution < 1.29 is 14.6 Å². The third kappa shape index (κ3) is 3.63. The van der Waals surface area contributed by atoms with Crippen LogP contribution in [0.5, 0.6) is 0 Å². The molecule has 0 saturated carbocycles. The van der Waals surface area contributed by atoms with Gasteiger partial charge in [0.05, 0.1) is 13.2 Å². The molecule has 1 aromatic carbocycles. The Morgan fingerprint density at radius 2 is 2.14 bits per heavy atom. The number of ether oxygens (including phenoxy) is 1. The van der Waals surface area contributed by atoms with Crippen LogP contribution in [-0.2, 0) is 9.53 Å². The zero-order valence-corrected chi connectivity index (χ0v) is 13.0. The summed E-state index contributed by atoms with van der Waals surface area (Å²) < 4.78 is 4.85. The predicted octanol–water partition coefficient (Wildman–Crippen LogP) is 1.86. The van der Waals surface area contributed by atoms with Crippen LogP contribution in [0.1, 0.15) is 30.4 Å². The number of piperidine rings is 1. The predicted molar refractivity (Wildman–Crippen MR) is 82.1 cm³/mol. The Morgan fingerprint density at radius 3 is 2.76 bits per heavy atom. The number of esters is 1. The minimum atomic E-state index is -0.445. The van der Waals surface area contributed by atoms with E-state index >= 15 is 0 Å². The molecule has 1 aromatic rings. The van der Waals surface area contributed by atoms with Crippen molar-refractivity contribution in [3.05, 3.63) is 35.4 Å². The van der Waals surface area contributed by atoms with Gasteiger partial charge in [0.25, 0.3) is 0 Å². The number of rotatable bonds is 4. The Balaban J connectivity index is 2.31. The van der Waals surface area contributed by atoms with E-state index in [1.807, 2.05) is 12.1 Å². The molecule has 4 nitrogen and oxygen atoms in total. The van der Waals surface area contributed by atoms with Gasteiger partial charge >= 0.3 is 5.97 Å². The molecule has 0 aromatic heterocycles. The highest BCUT2D eigenvalue weighted by Gasteiger charge is 2.38. The van der Waals surface area contributed by atoms with Gasteiger partial charge in [-0.05, 0) is 30.9 Å². The van der Waals surface area contributed by atoms with Crippen molar-refractivity contribution in [2.45, 2.75) is 32.3 Å². The Morgan fingerprint density at radius 1 is 1.43 bits per heavy atom. The molecule has 4 atom stereocenters. The fourth-order valence-electron chi connectivity index (χ4n) is 3.45. The van der Waals surface area contributed by atoms with Crippen LogP contribution >= 0.6 is 0 Å². The maximum atomic E-state index is 11.8. The maximum absolute atomic E-state index is 11.8. The summed E-state index contributed by atoms with van der Waals surface area (Å²) in [7, 11) is 1.42. The first-order valence-corrected chi connectivity index (χ1v) is 7.55. The molecule has 1 aliphatic rings. The van der Waals surface area contributed by atoms with Crippen LogP contribution in [-0.4, -0.2) is 37.4 Å². The summed E-state index contributed by atoms with van der Waals surface area (Å²) in [6.07, 6.45) is -0.0915. The van der Waals surface area contributed by atoms with Crippen LogP contribution in [0.15, 0.2) is 24.3 Å². The number of benzene rings is 1. The Labute approximate surface area is 126 Å². The molecule has 1 fully saturated rings. The summed E-state index contributed by atoms with van der Waals surface area (Å²) in [5.41, 5.74) is 2.48. The molecule has 1 heterocycles. The summed E-state index contributed by atoms with van der Waals surface area (Å²) in [6, 6.07) is 8.27. The third-order valence-electron chi connectivity index (χ3n) is 4.65. The number of methoxy groups -OCH3 is 1. The Kier molecular flexibility index (Phi) is 5.37. The lowest BCUT2D eigenvalue weighted by Crippen LogP contribution is -2.47. The highest BCUT2D eigenvalue weighted by molar-refractivity contribution is 5.69. The van der Waals surface area contributed by atoms with E-state index in [0.29, 0.717) is 6.42 Å². The first-order valence-electron chi connectivity index (χ1n) is 7.55. The van der Waals surface area contributed by atoms with E-state index in [9.17, 15) is 9.90 Å². The highest BCUT2D eigenvalue weighted by atomic mass is 16.5. The summed E-state index contributed by atoms with van der Waals surface area (Å²) in [4.78, 5) is 11.8. The van der Waals surface area contributed by atoms with Gasteiger partial charge in [0.1, 0.15) is 0 Å². The van der Waals surface area contributed by atoms with Gasteiger partial charge in [0, 0.05) is 31.3 Å². The van der Waals surface area contributed by atoms with Crippen LogP contribution in [0, 0.1) is 18.8 Å². The number of carbonyl (C=O) groups is 1. The Hall–Kier alpha value is -1.39. The summed E-state index contributed by atoms with van der Waals surface area (Å²) >= 11 is 0. The second-order valence-corrected chi connectivity index (χ2v) is 5.97. The number of aliphatic hydroxyl groups is 1. The summed E-state index contributed by atoms with van der Waals surface area (Å²) in [5.74, 6) is 0.173. The first-order chi connectivity index (χ1) is 10.0. The number of hydrogen-bond acceptors (Lipinski definition) is 4. The molecular formula is C17H25NO3. The molecule has 116 valence electrons. The molecule has 4 heteroatoms. The topological polar surface area (TPSA) is 58.6 Å². The molecule has 0 radical (unpaired) electrons. The van der Waals surface area contributed by atoms with Crippen LogP contribution in [0.4, 0.5) is 0 Å². The van der Waals surface area contributed by atoms with Crippen molar-refractivity contribution >= 4 is 5.97 Å². The monoisotopic (exact) mass is 291 g/mol. The lowest BCUT2D eigenvalue weighted by molar-refractivity contribution is -0.143. The summed E-state index contributed by atoms with van der Waals surface area (Å²) in [6.45, 7) is 5.46. The van der Waals surface area contributed by atoms with Gasteiger partial charge in [-0.25, -0.2) is 0 Å². The van der Waals surface area contributed by atoms with Crippen LogP contribution in [0.3, 0.4) is 0 Å². The van der Waals surface area contributed by atoms with Crippen molar-refractivity contribution in [1.82, 2.24) is 5.32 Å². The van der Waals surface area contributed by atoms with Crippen molar-refractivity contribution in [1.29, 1.82) is 0 Å². The molecule has 1 aliphatic heterocycles. The normalized spacial score (nSPS) is 27.1. The van der Waals surface area contributed by atoms with Crippen molar-refractivity contribution in [2.24, 2.45) is 11.8 Å². The largest absolute Gasteiger partial charge is 0.469 e. The van der Waals surface area contributed by atoms with Crippen molar-refractivity contribution in [2.75, 3.05) is 20.2 Å². The smallest absolute Gasteiger partial charge is 0.305 e. The molecule has 0 bridgehead atoms. The molecule has 0 spiro atoms. The lowest BCUT2D eigenvalue weighted by atomic mass is 9.71. The van der Waals surface area contributed by atoms with E-state index < -0.39 is 6.10 Å². The lowest BCUT2D eigenvalue weighted by Gasteiger charge is -2.40. The van der Waals surface area contributed by atoms with E-state index in [1.165, 1.54) is 18.2 Å². The average Bonchev–Trinajstić information content (AvgIpc) is 2.47. The standard InChI is InChI=1S/C17H25NO3/c1-11-6-4-5-7-13(11)16-10-18-9-15(12(2)19)14(16)8-17(20)21-3/h4-7,12,14-16,18-19H,8-10H2,1-3H3/t12?,14-,15?,16-/m0/s1. The Bertz CT molecular complexity index is 487. The molecule has 2 N–H and O–H groups in total. The molecular weight excluding hydrogens is 266 g/mol. The van der Waals surface area contributed by atoms with Gasteiger partial charge < -0.3 is 15.2 Å². The van der Waals surface area contributed by atoms with E-state index in [2.05, 4.69) is 24.4 Å². The molecule has 0 aliphatic carbocycles. The average molecular weight is 291 g/mol. The van der Waals surface area contributed by atoms with E-state index in [-0.39, 0.29) is 23.7 Å². The number of carbonyl (C=O) groups excluding carboxylic acids is 1. The van der Waals surface area contributed by atoms with Gasteiger partial charge in [-0.15, -0.1) is 0 Å². The second-order valence-electron chi connectivity index (χ2n) is 5.97. The fourth-order valence-corrected chi connectivity index (χ4v) is 3.45. The molecule has 0 amide bonds. The number of hydrogen-bond donors (Lipinski definition) is 2. The van der Waals surface area contributed by atoms with E-state index in [1.54, 1.807) is 6.92 Å². The van der Waals surface area contributed by atoms with Gasteiger partial charge in [-0.3, -0.25) is 4.79 Å². The maximum Gasteiger partial charge on any atom is 0.305 e. The SMILES string of the molecule is COC(=O)C[C@H]1C(C(C)O)CNC[C@H]1c1ccccc1C. The van der Waals surface area contributed by atoms with Gasteiger partial charge in [-0.2, -0.15) is 0 Å². The first kappa shape index (κ1) is 16.0. The van der Waals surface area contributed by atoms with Gasteiger partial charge in [0.2, 0.25) is 0 Å². The van der Waals surface area contributed by atoms with Gasteiger partial charge in [0.15, 0.2) is 0 Å². The summed E-state index contributed by atoms with van der Waals surface area (Å²) in [5, 5.41) is 13.5. The van der Waals surface area contributed by atoms with Crippen molar-refractivity contribution in [3.8, 4) is 0 Å². The fraction of sp³-hybridized carbons (Fsp3) is 0.588. The minimum absolute atomic E-state index is 0.0578. The minimum Gasteiger partial charge on any atom is -0.469 e. The quantitative estimate of drug-likeness (QED) is 0.831. The van der Waals surface area contributed by atoms with E-state index in [4.69, 9.17) is 4.74 Å². The van der Waals surface area contributed by atoms with Gasteiger partial charge in [-0.1, -0.05) is 24.3 Å². The number of nitrogens with one attached hydrogen (secondary N) is 1. The highest BCUT2D eigenvalue weighted by Crippen LogP contribution is 2.38. The molecule has 2 unspecified atom stereocenters. The van der Waals surface area contributed by atoms with Crippen LogP contribution in [0.25, 0.3) is 0 Å². The third-order valence-corrected chi connectivity index (χ3v) is 4.65. The molecule has 1 saturated heterocycles. The number of aryl methyl sites for hydroxylation is 1. The number of aliphatic hydroxyl groups excluding tert-OH is 1.